The van der Waals surface area contributed by atoms with E-state index in [1.54, 1.807) is 0 Å². The van der Waals surface area contributed by atoms with Crippen molar-refractivity contribution in [1.29, 1.82) is 0 Å². The zero-order valence-electron chi connectivity index (χ0n) is 72.3. The Labute approximate surface area is 751 Å². The zero-order valence-corrected chi connectivity index (χ0v) is 73.9. The molecule has 610 valence electrons. The van der Waals surface area contributed by atoms with Crippen LogP contribution in [0.4, 0.5) is 68.2 Å². The van der Waals surface area contributed by atoms with Gasteiger partial charge in [-0.1, -0.05) is 341 Å². The number of rotatable bonds is 15. The Morgan fingerprint density at radius 2 is 0.496 bits per heavy atom. The van der Waals surface area contributed by atoms with Crippen LogP contribution in [0.2, 0.25) is 0 Å². The lowest BCUT2D eigenvalue weighted by Gasteiger charge is -2.32. The molecule has 0 spiro atoms. The summed E-state index contributed by atoms with van der Waals surface area (Å²) in [5, 5.41) is 4.71. The normalized spacial score (nSPS) is 13.9. The van der Waals surface area contributed by atoms with Crippen LogP contribution in [0.5, 0.6) is 0 Å². The van der Waals surface area contributed by atoms with Crippen LogP contribution in [-0.4, -0.2) is 0 Å². The Morgan fingerprint density at radius 1 is 0.205 bits per heavy atom. The highest BCUT2D eigenvalue weighted by Gasteiger charge is 2.51. The second kappa shape index (κ2) is 30.1. The van der Waals surface area contributed by atoms with Crippen molar-refractivity contribution in [2.45, 2.75) is 77.0 Å². The number of hydrogen-bond acceptors (Lipinski definition) is 7. The number of hydrogen-bond donors (Lipinski definition) is 0. The van der Waals surface area contributed by atoms with Crippen LogP contribution in [0.1, 0.15) is 99.9 Å². The predicted molar refractivity (Wildman–Crippen MR) is 539 cm³/mol. The van der Waals surface area contributed by atoms with E-state index in [1.165, 1.54) is 136 Å². The number of furan rings is 1. The fraction of sp³-hybridized carbons (Fsp3) is 0.100. The Bertz CT molecular complexity index is 7710. The van der Waals surface area contributed by atoms with Crippen LogP contribution < -0.4 is 19.6 Å². The van der Waals surface area contributed by atoms with E-state index in [9.17, 15) is 0 Å². The molecule has 0 amide bonds. The van der Waals surface area contributed by atoms with Gasteiger partial charge in [-0.3, -0.25) is 0 Å². The summed E-state index contributed by atoms with van der Waals surface area (Å²) in [6.07, 6.45) is 0. The van der Waals surface area contributed by atoms with Crippen LogP contribution in [0.15, 0.2) is 417 Å². The second-order valence-electron chi connectivity index (χ2n) is 36.2. The smallest absolute Gasteiger partial charge is 0.159 e. The minimum atomic E-state index is -0.270. The standard InChI is InChI=1S/C64H48N2OS.C56H44N2S/c1-63(2)52-39-44(65(43-25-12-7-13-26-43)54-31-17-14-27-46(54)41-21-8-5-9-22-41)35-37-50(52)61-58(63)59-62(68-61)51-38-36-45(40-53(51)64(59,3)4)66(55-32-18-15-28-47(55)42-23-10-6-11-24-42)56-33-20-30-49-48-29-16-19-34-57(48)67-60(49)56;1-55(2)48-35-43(57(40-22-10-6-11-23-40)42-29-28-37-18-14-15-21-39(37)34-42)30-32-46(48)53-51(55)52-54(59-53)47-33-31-44(36-49(47)56(52,3)4)58(41-24-12-7-13-25-41)50-27-17-16-26-45(50)38-19-8-5-9-20-38/h5-40H,1-4H3;5-36H,1-4H3. The average Bonchev–Trinajstić information content (AvgIpc) is 1.51. The highest BCUT2D eigenvalue weighted by Crippen LogP contribution is 2.67. The largest absolute Gasteiger partial charge is 0.454 e. The van der Waals surface area contributed by atoms with Gasteiger partial charge in [-0.15, -0.1) is 22.7 Å². The van der Waals surface area contributed by atoms with E-state index in [-0.39, 0.29) is 21.7 Å². The molecule has 0 N–H and O–H groups in total. The first kappa shape index (κ1) is 77.2. The summed E-state index contributed by atoms with van der Waals surface area (Å²) in [5.41, 5.74) is 38.4. The molecule has 4 aliphatic rings. The van der Waals surface area contributed by atoms with Crippen LogP contribution >= 0.6 is 22.7 Å². The fourth-order valence-electron chi connectivity index (χ4n) is 21.3. The molecule has 3 aromatic heterocycles. The Hall–Kier alpha value is -14.6. The van der Waals surface area contributed by atoms with Crippen molar-refractivity contribution in [2.24, 2.45) is 0 Å². The maximum absolute atomic E-state index is 6.79. The quantitative estimate of drug-likeness (QED) is 0.102. The lowest BCUT2D eigenvalue weighted by molar-refractivity contribution is 0.603. The number of fused-ring (bicyclic) bond motifs is 18. The van der Waals surface area contributed by atoms with Crippen molar-refractivity contribution in [3.05, 3.63) is 457 Å². The van der Waals surface area contributed by atoms with Gasteiger partial charge in [0.15, 0.2) is 5.58 Å². The Morgan fingerprint density at radius 3 is 0.906 bits per heavy atom. The molecule has 4 aliphatic carbocycles. The number of thiophene rings is 2. The Kier molecular flexibility index (Phi) is 18.3. The van der Waals surface area contributed by atoms with Gasteiger partial charge in [-0.2, -0.15) is 0 Å². The van der Waals surface area contributed by atoms with Gasteiger partial charge in [0.1, 0.15) is 5.58 Å². The van der Waals surface area contributed by atoms with Gasteiger partial charge >= 0.3 is 0 Å². The van der Waals surface area contributed by atoms with Gasteiger partial charge in [0.05, 0.1) is 22.7 Å². The molecular formula is C120H92N4OS2. The first-order valence-electron chi connectivity index (χ1n) is 44.2. The van der Waals surface area contributed by atoms with Gasteiger partial charge in [0.25, 0.3) is 0 Å². The van der Waals surface area contributed by atoms with Crippen molar-refractivity contribution in [1.82, 2.24) is 0 Å². The van der Waals surface area contributed by atoms with Crippen molar-refractivity contribution >= 4 is 124 Å². The van der Waals surface area contributed by atoms with Crippen molar-refractivity contribution in [2.75, 3.05) is 19.6 Å². The average molecular weight is 1670 g/mol. The van der Waals surface area contributed by atoms with Crippen molar-refractivity contribution in [3.8, 4) is 75.1 Å². The van der Waals surface area contributed by atoms with E-state index < -0.39 is 0 Å². The molecule has 20 aromatic rings. The fourth-order valence-corrected chi connectivity index (χ4v) is 24.7. The van der Waals surface area contributed by atoms with E-state index in [0.717, 1.165) is 84.4 Å². The molecule has 0 saturated heterocycles. The summed E-state index contributed by atoms with van der Waals surface area (Å²) in [7, 11) is 0. The molecule has 0 radical (unpaired) electrons. The third-order valence-corrected chi connectivity index (χ3v) is 29.9. The third-order valence-electron chi connectivity index (χ3n) is 27.4. The van der Waals surface area contributed by atoms with Crippen LogP contribution in [-0.2, 0) is 21.7 Å². The van der Waals surface area contributed by atoms with Gasteiger partial charge in [-0.25, -0.2) is 0 Å². The van der Waals surface area contributed by atoms with Gasteiger partial charge in [0.2, 0.25) is 0 Å². The summed E-state index contributed by atoms with van der Waals surface area (Å²) in [4.78, 5) is 15.3. The van der Waals surface area contributed by atoms with Crippen molar-refractivity contribution in [3.63, 3.8) is 0 Å². The lowest BCUT2D eigenvalue weighted by Crippen LogP contribution is -2.23. The van der Waals surface area contributed by atoms with E-state index in [4.69, 9.17) is 4.42 Å². The molecule has 0 atom stereocenters. The number of anilines is 12. The summed E-state index contributed by atoms with van der Waals surface area (Å²) in [5.74, 6) is 0. The van der Waals surface area contributed by atoms with Crippen LogP contribution in [0.25, 0.3) is 108 Å². The number of benzene rings is 17. The summed E-state index contributed by atoms with van der Waals surface area (Å²) >= 11 is 3.97. The molecule has 0 aliphatic heterocycles. The number of nitrogens with zero attached hydrogens (tertiary/aromatic N) is 4. The van der Waals surface area contributed by atoms with Crippen LogP contribution in [0, 0.1) is 0 Å². The molecule has 7 heteroatoms. The summed E-state index contributed by atoms with van der Waals surface area (Å²) in [6, 6.07) is 150. The molecule has 17 aromatic carbocycles. The van der Waals surface area contributed by atoms with E-state index in [0.29, 0.717) is 0 Å². The topological polar surface area (TPSA) is 26.1 Å². The highest BCUT2D eigenvalue weighted by molar-refractivity contribution is 7.20. The predicted octanol–water partition coefficient (Wildman–Crippen LogP) is 34.7. The maximum Gasteiger partial charge on any atom is 0.159 e. The zero-order chi connectivity index (χ0) is 85.6. The van der Waals surface area contributed by atoms with Gasteiger partial charge in [-0.05, 0) is 222 Å². The third kappa shape index (κ3) is 12.4. The molecule has 5 nitrogen and oxygen atoms in total. The first-order chi connectivity index (χ1) is 62.1. The Balaban J connectivity index is 0.000000147. The molecule has 0 saturated carbocycles. The molecule has 127 heavy (non-hydrogen) atoms. The highest BCUT2D eigenvalue weighted by atomic mass is 32.1. The van der Waals surface area contributed by atoms with Gasteiger partial charge < -0.3 is 24.0 Å². The molecule has 0 bridgehead atoms. The lowest BCUT2D eigenvalue weighted by atomic mass is 9.74. The molecular weight excluding hydrogens is 1580 g/mol. The minimum absolute atomic E-state index is 0.191. The maximum atomic E-state index is 6.79. The molecule has 24 rings (SSSR count). The van der Waals surface area contributed by atoms with Crippen LogP contribution in [0.3, 0.4) is 0 Å². The monoisotopic (exact) mass is 1670 g/mol. The number of para-hydroxylation sites is 8. The molecule has 0 fully saturated rings. The molecule has 0 unspecified atom stereocenters. The van der Waals surface area contributed by atoms with Crippen molar-refractivity contribution < 1.29 is 4.42 Å². The first-order valence-corrected chi connectivity index (χ1v) is 45.8. The summed E-state index contributed by atoms with van der Waals surface area (Å²) in [6.45, 7) is 19.6. The van der Waals surface area contributed by atoms with Gasteiger partial charge in [0, 0.05) is 114 Å². The van der Waals surface area contributed by atoms with E-state index >= 15 is 0 Å². The summed E-state index contributed by atoms with van der Waals surface area (Å²) < 4.78 is 6.79. The SMILES string of the molecule is CC1(C)c2cc(N(c3ccccc3)c3ccc4ccccc4c3)ccc2-c2sc3c(c21)C(C)(C)c1cc(N(c2ccccc2)c2ccccc2-c2ccccc2)ccc1-3.CC1(C)c2cc(N(c3ccccc3)c3ccccc3-c3ccccc3)ccc2-c2sc3c(c21)C(C)(C)c1cc(N(c2ccccc2-c2ccccc2)c2cccc4c2oc2ccccc24)ccc1-3. The second-order valence-corrected chi connectivity index (χ2v) is 38.3. The molecule has 3 heterocycles. The van der Waals surface area contributed by atoms with E-state index in [2.05, 4.69) is 488 Å². The minimum Gasteiger partial charge on any atom is -0.454 e. The van der Waals surface area contributed by atoms with E-state index in [1.807, 2.05) is 22.7 Å².